The van der Waals surface area contributed by atoms with Crippen molar-refractivity contribution in [3.05, 3.63) is 102 Å². The van der Waals surface area contributed by atoms with Gasteiger partial charge < -0.3 is 19.3 Å². The highest BCUT2D eigenvalue weighted by atomic mass is 16.5. The average Bonchev–Trinajstić information content (AvgIpc) is 2.90. The largest absolute Gasteiger partial charge is 0.496 e. The van der Waals surface area contributed by atoms with Crippen molar-refractivity contribution in [3.8, 4) is 17.2 Å². The van der Waals surface area contributed by atoms with Crippen molar-refractivity contribution in [1.29, 1.82) is 0 Å². The van der Waals surface area contributed by atoms with Crippen LogP contribution in [0.25, 0.3) is 10.8 Å². The second kappa shape index (κ2) is 12.1. The van der Waals surface area contributed by atoms with E-state index in [4.69, 9.17) is 14.2 Å². The zero-order chi connectivity index (χ0) is 23.6. The minimum atomic E-state index is -0.500. The number of fused-ring (bicyclic) bond motifs is 1. The molecule has 1 unspecified atom stereocenters. The zero-order valence-corrected chi connectivity index (χ0v) is 19.7. The lowest BCUT2D eigenvalue weighted by atomic mass is 10.0. The van der Waals surface area contributed by atoms with Gasteiger partial charge in [-0.2, -0.15) is 0 Å². The number of para-hydroxylation sites is 1. The number of benzene rings is 4. The van der Waals surface area contributed by atoms with Crippen LogP contribution in [0.1, 0.15) is 42.9 Å². The fraction of sp³-hybridized carbons (Fsp3) is 0.267. The lowest BCUT2D eigenvalue weighted by Crippen LogP contribution is -2.01. The van der Waals surface area contributed by atoms with E-state index in [1.807, 2.05) is 78.9 Å². The number of hydrogen-bond acceptors (Lipinski definition) is 4. The smallest absolute Gasteiger partial charge is 0.126 e. The van der Waals surface area contributed by atoms with Crippen molar-refractivity contribution in [2.75, 3.05) is 13.7 Å². The van der Waals surface area contributed by atoms with Gasteiger partial charge in [-0.05, 0) is 66.1 Å². The van der Waals surface area contributed by atoms with Gasteiger partial charge in [-0.1, -0.05) is 67.1 Å². The van der Waals surface area contributed by atoms with E-state index in [0.717, 1.165) is 64.8 Å². The Morgan fingerprint density at radius 2 is 1.47 bits per heavy atom. The third-order valence-corrected chi connectivity index (χ3v) is 5.97. The van der Waals surface area contributed by atoms with Gasteiger partial charge in [0.2, 0.25) is 0 Å². The standard InChI is InChI=1S/C30H32O4/c1-32-30-19-18-24(27-15-7-8-16-28(27)30)22-34-26-14-10-11-23(21-26)29(31)17-6-3-9-20-33-25-12-4-2-5-13-25/h2,4-5,7-8,10-16,18-19,21,29,31H,3,6,9,17,20,22H2,1H3. The van der Waals surface area contributed by atoms with Crippen LogP contribution in [0.4, 0.5) is 0 Å². The van der Waals surface area contributed by atoms with Gasteiger partial charge >= 0.3 is 0 Å². The van der Waals surface area contributed by atoms with Crippen molar-refractivity contribution < 1.29 is 19.3 Å². The molecular formula is C30H32O4. The minimum absolute atomic E-state index is 0.450. The second-order valence-corrected chi connectivity index (χ2v) is 8.36. The van der Waals surface area contributed by atoms with Crippen molar-refractivity contribution in [2.24, 2.45) is 0 Å². The Morgan fingerprint density at radius 3 is 2.29 bits per heavy atom. The van der Waals surface area contributed by atoms with Gasteiger partial charge in [0, 0.05) is 5.39 Å². The first-order valence-corrected chi connectivity index (χ1v) is 11.9. The van der Waals surface area contributed by atoms with Gasteiger partial charge in [0.25, 0.3) is 0 Å². The number of hydrogen-bond donors (Lipinski definition) is 1. The van der Waals surface area contributed by atoms with Crippen LogP contribution in [0.2, 0.25) is 0 Å². The van der Waals surface area contributed by atoms with Gasteiger partial charge in [0.15, 0.2) is 0 Å². The van der Waals surface area contributed by atoms with E-state index in [-0.39, 0.29) is 0 Å². The molecule has 0 amide bonds. The van der Waals surface area contributed by atoms with Crippen LogP contribution in [-0.2, 0) is 6.61 Å². The Bertz CT molecular complexity index is 1170. The van der Waals surface area contributed by atoms with Gasteiger partial charge in [-0.25, -0.2) is 0 Å². The normalized spacial score (nSPS) is 11.8. The molecular weight excluding hydrogens is 424 g/mol. The van der Waals surface area contributed by atoms with Crippen molar-refractivity contribution in [2.45, 2.75) is 38.4 Å². The summed E-state index contributed by atoms with van der Waals surface area (Å²) in [6, 6.07) is 29.8. The van der Waals surface area contributed by atoms with Crippen LogP contribution >= 0.6 is 0 Å². The van der Waals surface area contributed by atoms with E-state index in [1.54, 1.807) is 7.11 Å². The molecule has 4 aromatic carbocycles. The Kier molecular flexibility index (Phi) is 8.42. The highest BCUT2D eigenvalue weighted by Crippen LogP contribution is 2.30. The molecule has 0 bridgehead atoms. The summed E-state index contributed by atoms with van der Waals surface area (Å²) in [5, 5.41) is 12.9. The summed E-state index contributed by atoms with van der Waals surface area (Å²) in [6.07, 6.45) is 3.16. The molecule has 176 valence electrons. The fourth-order valence-electron chi connectivity index (χ4n) is 4.10. The maximum Gasteiger partial charge on any atom is 0.126 e. The molecule has 0 fully saturated rings. The quantitative estimate of drug-likeness (QED) is 0.231. The molecule has 0 aromatic heterocycles. The Morgan fingerprint density at radius 1 is 0.706 bits per heavy atom. The Balaban J connectivity index is 1.26. The molecule has 0 aliphatic rings. The highest BCUT2D eigenvalue weighted by molar-refractivity contribution is 5.91. The van der Waals surface area contributed by atoms with Crippen LogP contribution < -0.4 is 14.2 Å². The second-order valence-electron chi connectivity index (χ2n) is 8.36. The van der Waals surface area contributed by atoms with E-state index < -0.39 is 6.10 Å². The molecule has 4 heteroatoms. The summed E-state index contributed by atoms with van der Waals surface area (Å²) >= 11 is 0. The van der Waals surface area contributed by atoms with Gasteiger partial charge in [-0.3, -0.25) is 0 Å². The van der Waals surface area contributed by atoms with E-state index in [0.29, 0.717) is 13.2 Å². The molecule has 1 atom stereocenters. The number of methoxy groups -OCH3 is 1. The van der Waals surface area contributed by atoms with Gasteiger partial charge in [0.1, 0.15) is 23.9 Å². The Labute approximate surface area is 201 Å². The summed E-state index contributed by atoms with van der Waals surface area (Å²) in [6.45, 7) is 1.15. The summed E-state index contributed by atoms with van der Waals surface area (Å²) in [4.78, 5) is 0. The first-order valence-electron chi connectivity index (χ1n) is 11.9. The van der Waals surface area contributed by atoms with E-state index >= 15 is 0 Å². The number of aliphatic hydroxyl groups is 1. The number of rotatable bonds is 12. The van der Waals surface area contributed by atoms with E-state index in [2.05, 4.69) is 12.1 Å². The number of aliphatic hydroxyl groups excluding tert-OH is 1. The molecule has 34 heavy (non-hydrogen) atoms. The monoisotopic (exact) mass is 456 g/mol. The molecule has 0 radical (unpaired) electrons. The minimum Gasteiger partial charge on any atom is -0.496 e. The van der Waals surface area contributed by atoms with Crippen molar-refractivity contribution in [3.63, 3.8) is 0 Å². The van der Waals surface area contributed by atoms with Crippen molar-refractivity contribution in [1.82, 2.24) is 0 Å². The molecule has 0 aliphatic carbocycles. The summed E-state index contributed by atoms with van der Waals surface area (Å²) in [5.41, 5.74) is 1.98. The summed E-state index contributed by atoms with van der Waals surface area (Å²) in [7, 11) is 1.69. The zero-order valence-electron chi connectivity index (χ0n) is 19.7. The number of unbranched alkanes of at least 4 members (excludes halogenated alkanes) is 2. The van der Waals surface area contributed by atoms with Gasteiger partial charge in [-0.15, -0.1) is 0 Å². The third kappa shape index (κ3) is 6.30. The molecule has 0 saturated carbocycles. The molecule has 4 rings (SSSR count). The topological polar surface area (TPSA) is 47.9 Å². The summed E-state index contributed by atoms with van der Waals surface area (Å²) in [5.74, 6) is 2.52. The molecule has 0 spiro atoms. The van der Waals surface area contributed by atoms with Crippen LogP contribution in [0.3, 0.4) is 0 Å². The third-order valence-electron chi connectivity index (χ3n) is 5.97. The van der Waals surface area contributed by atoms with Crippen LogP contribution in [0.5, 0.6) is 17.2 Å². The molecule has 0 aliphatic heterocycles. The lowest BCUT2D eigenvalue weighted by Gasteiger charge is -2.14. The SMILES string of the molecule is COc1ccc(COc2cccc(C(O)CCCCCOc3ccccc3)c2)c2ccccc12. The van der Waals surface area contributed by atoms with E-state index in [9.17, 15) is 5.11 Å². The molecule has 4 nitrogen and oxygen atoms in total. The number of ether oxygens (including phenoxy) is 3. The van der Waals surface area contributed by atoms with Crippen LogP contribution in [0.15, 0.2) is 91.0 Å². The molecule has 4 aromatic rings. The van der Waals surface area contributed by atoms with Crippen molar-refractivity contribution >= 4 is 10.8 Å². The lowest BCUT2D eigenvalue weighted by molar-refractivity contribution is 0.161. The van der Waals surface area contributed by atoms with Gasteiger partial charge in [0.05, 0.1) is 19.8 Å². The average molecular weight is 457 g/mol. The first-order chi connectivity index (χ1) is 16.7. The summed E-state index contributed by atoms with van der Waals surface area (Å²) < 4.78 is 17.3. The fourth-order valence-corrected chi connectivity index (χ4v) is 4.10. The van der Waals surface area contributed by atoms with E-state index in [1.165, 1.54) is 0 Å². The first kappa shape index (κ1) is 23.7. The van der Waals surface area contributed by atoms with Crippen LogP contribution in [-0.4, -0.2) is 18.8 Å². The predicted octanol–water partition coefficient (Wildman–Crippen LogP) is 7.10. The maximum absolute atomic E-state index is 10.7. The predicted molar refractivity (Wildman–Crippen MR) is 137 cm³/mol. The molecule has 1 N–H and O–H groups in total. The maximum atomic E-state index is 10.7. The van der Waals surface area contributed by atoms with Crippen LogP contribution in [0, 0.1) is 0 Å². The molecule has 0 heterocycles. The highest BCUT2D eigenvalue weighted by Gasteiger charge is 2.10. The Hall–Kier alpha value is -3.50. The molecule has 0 saturated heterocycles.